The third-order valence-corrected chi connectivity index (χ3v) is 6.21. The SMILES string of the molecule is COc1ccccc1-c1cc(C(=O)Nc2nc3ccccc3n2[C@H]2CCC[C@H](O)C2)ccn1. The minimum absolute atomic E-state index is 0.0815. The summed E-state index contributed by atoms with van der Waals surface area (Å²) in [6.45, 7) is 0. The lowest BCUT2D eigenvalue weighted by Gasteiger charge is -2.28. The molecule has 1 aliphatic rings. The van der Waals surface area contributed by atoms with E-state index >= 15 is 0 Å². The summed E-state index contributed by atoms with van der Waals surface area (Å²) in [4.78, 5) is 22.4. The van der Waals surface area contributed by atoms with E-state index in [0.717, 1.165) is 35.9 Å². The molecule has 7 nitrogen and oxygen atoms in total. The molecule has 2 aromatic carbocycles. The lowest BCUT2D eigenvalue weighted by atomic mass is 9.92. The molecule has 2 aromatic heterocycles. The van der Waals surface area contributed by atoms with Gasteiger partial charge in [0.2, 0.25) is 5.95 Å². The third kappa shape index (κ3) is 4.19. The molecule has 1 aliphatic carbocycles. The zero-order valence-electron chi connectivity index (χ0n) is 18.4. The number of fused-ring (bicyclic) bond motifs is 1. The van der Waals surface area contributed by atoms with Crippen LogP contribution in [0.5, 0.6) is 5.75 Å². The Morgan fingerprint density at radius 3 is 2.79 bits per heavy atom. The summed E-state index contributed by atoms with van der Waals surface area (Å²) in [6.07, 6.45) is 4.63. The van der Waals surface area contributed by atoms with Gasteiger partial charge in [0.05, 0.1) is 29.9 Å². The van der Waals surface area contributed by atoms with Crippen LogP contribution in [-0.4, -0.2) is 38.8 Å². The number of methoxy groups -OCH3 is 1. The van der Waals surface area contributed by atoms with Gasteiger partial charge in [0, 0.05) is 23.4 Å². The van der Waals surface area contributed by atoms with Crippen molar-refractivity contribution in [2.24, 2.45) is 0 Å². The van der Waals surface area contributed by atoms with Crippen LogP contribution < -0.4 is 10.1 Å². The molecule has 0 spiro atoms. The Kier molecular flexibility index (Phi) is 5.79. The largest absolute Gasteiger partial charge is 0.496 e. The highest BCUT2D eigenvalue weighted by Crippen LogP contribution is 2.35. The number of rotatable bonds is 5. The molecule has 0 radical (unpaired) electrons. The fourth-order valence-electron chi connectivity index (χ4n) is 4.62. The number of carbonyl (C=O) groups excluding carboxylic acids is 1. The molecule has 168 valence electrons. The molecule has 1 saturated carbocycles. The van der Waals surface area contributed by atoms with Gasteiger partial charge in [-0.05, 0) is 62.1 Å². The van der Waals surface area contributed by atoms with E-state index in [1.807, 2.05) is 48.5 Å². The number of hydrogen-bond acceptors (Lipinski definition) is 5. The zero-order chi connectivity index (χ0) is 22.8. The van der Waals surface area contributed by atoms with E-state index in [2.05, 4.69) is 14.9 Å². The van der Waals surface area contributed by atoms with Crippen LogP contribution in [0.1, 0.15) is 42.1 Å². The minimum atomic E-state index is -0.336. The van der Waals surface area contributed by atoms with Crippen molar-refractivity contribution >= 4 is 22.9 Å². The van der Waals surface area contributed by atoms with Crippen LogP contribution in [-0.2, 0) is 0 Å². The molecule has 1 amide bonds. The number of aromatic nitrogens is 3. The quantitative estimate of drug-likeness (QED) is 0.462. The van der Waals surface area contributed by atoms with Gasteiger partial charge in [0.1, 0.15) is 5.75 Å². The van der Waals surface area contributed by atoms with E-state index < -0.39 is 0 Å². The van der Waals surface area contributed by atoms with Crippen LogP contribution in [0.4, 0.5) is 5.95 Å². The average molecular weight is 443 g/mol. The number of imidazole rings is 1. The first-order valence-electron chi connectivity index (χ1n) is 11.2. The predicted molar refractivity (Wildman–Crippen MR) is 127 cm³/mol. The number of benzene rings is 2. The van der Waals surface area contributed by atoms with Gasteiger partial charge < -0.3 is 14.4 Å². The monoisotopic (exact) mass is 442 g/mol. The third-order valence-electron chi connectivity index (χ3n) is 6.21. The molecule has 0 bridgehead atoms. The Bertz CT molecular complexity index is 1300. The van der Waals surface area contributed by atoms with Crippen molar-refractivity contribution in [1.29, 1.82) is 0 Å². The number of ether oxygens (including phenoxy) is 1. The molecule has 0 saturated heterocycles. The molecular weight excluding hydrogens is 416 g/mol. The summed E-state index contributed by atoms with van der Waals surface area (Å²) >= 11 is 0. The lowest BCUT2D eigenvalue weighted by Crippen LogP contribution is -2.25. The standard InChI is InChI=1S/C26H26N4O3/c1-33-24-12-5-2-9-20(24)22-15-17(13-14-27-22)25(32)29-26-28-21-10-3-4-11-23(21)30(26)18-7-6-8-19(31)16-18/h2-5,9-15,18-19,31H,6-8,16H2,1H3,(H,28,29,32)/t18-,19-/m0/s1. The fraction of sp³-hybridized carbons (Fsp3) is 0.269. The normalized spacial score (nSPS) is 18.2. The molecule has 5 rings (SSSR count). The first-order valence-corrected chi connectivity index (χ1v) is 11.2. The highest BCUT2D eigenvalue weighted by atomic mass is 16.5. The Morgan fingerprint density at radius 1 is 1.12 bits per heavy atom. The van der Waals surface area contributed by atoms with E-state index in [4.69, 9.17) is 9.72 Å². The number of carbonyl (C=O) groups is 1. The Labute approximate surface area is 192 Å². The summed E-state index contributed by atoms with van der Waals surface area (Å²) in [6, 6.07) is 18.9. The van der Waals surface area contributed by atoms with Crippen LogP contribution >= 0.6 is 0 Å². The van der Waals surface area contributed by atoms with Crippen molar-refractivity contribution in [3.05, 3.63) is 72.4 Å². The van der Waals surface area contributed by atoms with Gasteiger partial charge in [-0.1, -0.05) is 24.3 Å². The van der Waals surface area contributed by atoms with Crippen molar-refractivity contribution in [2.45, 2.75) is 37.8 Å². The molecule has 0 aliphatic heterocycles. The topological polar surface area (TPSA) is 89.3 Å². The maximum Gasteiger partial charge on any atom is 0.258 e. The molecule has 2 N–H and O–H groups in total. The van der Waals surface area contributed by atoms with Crippen LogP contribution in [0.15, 0.2) is 66.9 Å². The van der Waals surface area contributed by atoms with Gasteiger partial charge in [0.25, 0.3) is 5.91 Å². The second-order valence-electron chi connectivity index (χ2n) is 8.35. The van der Waals surface area contributed by atoms with Crippen molar-refractivity contribution in [2.75, 3.05) is 12.4 Å². The van der Waals surface area contributed by atoms with Gasteiger partial charge in [-0.15, -0.1) is 0 Å². The van der Waals surface area contributed by atoms with Crippen LogP contribution in [0.2, 0.25) is 0 Å². The summed E-state index contributed by atoms with van der Waals surface area (Å²) in [5.41, 5.74) is 3.73. The second kappa shape index (κ2) is 9.03. The number of nitrogens with one attached hydrogen (secondary N) is 1. The second-order valence-corrected chi connectivity index (χ2v) is 8.35. The van der Waals surface area contributed by atoms with Crippen LogP contribution in [0.25, 0.3) is 22.3 Å². The molecule has 7 heteroatoms. The van der Waals surface area contributed by atoms with Gasteiger partial charge in [-0.2, -0.15) is 0 Å². The first kappa shape index (κ1) is 21.2. The molecular formula is C26H26N4O3. The number of hydrogen-bond donors (Lipinski definition) is 2. The Hall–Kier alpha value is -3.71. The zero-order valence-corrected chi connectivity index (χ0v) is 18.4. The Morgan fingerprint density at radius 2 is 1.94 bits per heavy atom. The van der Waals surface area contributed by atoms with Crippen molar-refractivity contribution in [3.63, 3.8) is 0 Å². The Balaban J connectivity index is 1.48. The van der Waals surface area contributed by atoms with Crippen molar-refractivity contribution < 1.29 is 14.6 Å². The molecule has 33 heavy (non-hydrogen) atoms. The summed E-state index contributed by atoms with van der Waals surface area (Å²) in [5, 5.41) is 13.3. The van der Waals surface area contributed by atoms with E-state index in [9.17, 15) is 9.90 Å². The molecule has 2 heterocycles. The van der Waals surface area contributed by atoms with E-state index in [1.165, 1.54) is 0 Å². The number of aliphatic hydroxyl groups is 1. The van der Waals surface area contributed by atoms with E-state index in [-0.39, 0.29) is 18.1 Å². The van der Waals surface area contributed by atoms with Crippen molar-refractivity contribution in [3.8, 4) is 17.0 Å². The summed E-state index contributed by atoms with van der Waals surface area (Å²) < 4.78 is 7.51. The minimum Gasteiger partial charge on any atom is -0.496 e. The van der Waals surface area contributed by atoms with E-state index in [0.29, 0.717) is 29.4 Å². The maximum absolute atomic E-state index is 13.3. The molecule has 0 unspecified atom stereocenters. The summed E-state index contributed by atoms with van der Waals surface area (Å²) in [7, 11) is 1.61. The van der Waals surface area contributed by atoms with E-state index in [1.54, 1.807) is 25.4 Å². The average Bonchev–Trinajstić information content (AvgIpc) is 3.21. The van der Waals surface area contributed by atoms with Crippen LogP contribution in [0, 0.1) is 0 Å². The van der Waals surface area contributed by atoms with Crippen LogP contribution in [0.3, 0.4) is 0 Å². The number of pyridine rings is 1. The molecule has 1 fully saturated rings. The molecule has 2 atom stereocenters. The number of para-hydroxylation sites is 3. The first-order chi connectivity index (χ1) is 16.1. The number of amides is 1. The summed E-state index contributed by atoms with van der Waals surface area (Å²) in [5.74, 6) is 0.928. The fourth-order valence-corrected chi connectivity index (χ4v) is 4.62. The number of aliphatic hydroxyl groups excluding tert-OH is 1. The highest BCUT2D eigenvalue weighted by Gasteiger charge is 2.26. The maximum atomic E-state index is 13.3. The lowest BCUT2D eigenvalue weighted by molar-refractivity contribution is 0.101. The smallest absolute Gasteiger partial charge is 0.258 e. The number of nitrogens with zero attached hydrogens (tertiary/aromatic N) is 3. The van der Waals surface area contributed by atoms with Crippen molar-refractivity contribution in [1.82, 2.24) is 14.5 Å². The van der Waals surface area contributed by atoms with Gasteiger partial charge in [-0.25, -0.2) is 4.98 Å². The number of anilines is 1. The van der Waals surface area contributed by atoms with Gasteiger partial charge in [-0.3, -0.25) is 15.1 Å². The van der Waals surface area contributed by atoms with Gasteiger partial charge >= 0.3 is 0 Å². The predicted octanol–water partition coefficient (Wildman–Crippen LogP) is 4.84. The highest BCUT2D eigenvalue weighted by molar-refractivity contribution is 6.04. The molecule has 4 aromatic rings. The van der Waals surface area contributed by atoms with Gasteiger partial charge in [0.15, 0.2) is 0 Å².